The standard InChI is InChI=1S/C13H16N2O4S/c16-13(17)11-8-1-2-9(4-8)12(11)14-5-7-3-10(15(18)19)20-6-7/h3,6,8-9,11-12,14H,1-2,4-5H2,(H,16,17). The first-order valence-corrected chi connectivity index (χ1v) is 7.62. The van der Waals surface area contributed by atoms with Gasteiger partial charge in [0.1, 0.15) is 0 Å². The molecule has 4 unspecified atom stereocenters. The van der Waals surface area contributed by atoms with Gasteiger partial charge in [0.05, 0.1) is 10.8 Å². The highest BCUT2D eigenvalue weighted by molar-refractivity contribution is 7.13. The quantitative estimate of drug-likeness (QED) is 0.642. The van der Waals surface area contributed by atoms with E-state index in [0.29, 0.717) is 18.4 Å². The molecule has 2 bridgehead atoms. The summed E-state index contributed by atoms with van der Waals surface area (Å²) in [5.41, 5.74) is 0.855. The zero-order chi connectivity index (χ0) is 14.3. The molecule has 0 radical (unpaired) electrons. The van der Waals surface area contributed by atoms with Gasteiger partial charge in [-0.25, -0.2) is 0 Å². The summed E-state index contributed by atoms with van der Waals surface area (Å²) in [6.07, 6.45) is 3.11. The van der Waals surface area contributed by atoms with Crippen LogP contribution in [0.3, 0.4) is 0 Å². The zero-order valence-corrected chi connectivity index (χ0v) is 11.6. The molecule has 0 spiro atoms. The molecule has 20 heavy (non-hydrogen) atoms. The highest BCUT2D eigenvalue weighted by Crippen LogP contribution is 2.48. The predicted molar refractivity (Wildman–Crippen MR) is 73.6 cm³/mol. The number of nitrogens with one attached hydrogen (secondary N) is 1. The minimum atomic E-state index is -0.717. The Morgan fingerprint density at radius 2 is 2.25 bits per heavy atom. The number of hydrogen-bond donors (Lipinski definition) is 2. The highest BCUT2D eigenvalue weighted by atomic mass is 32.1. The molecule has 0 aliphatic heterocycles. The van der Waals surface area contributed by atoms with Gasteiger partial charge in [0, 0.05) is 24.0 Å². The van der Waals surface area contributed by atoms with Gasteiger partial charge in [-0.3, -0.25) is 14.9 Å². The van der Waals surface area contributed by atoms with Crippen molar-refractivity contribution < 1.29 is 14.8 Å². The van der Waals surface area contributed by atoms with Crippen molar-refractivity contribution in [3.8, 4) is 0 Å². The Morgan fingerprint density at radius 1 is 1.50 bits per heavy atom. The Balaban J connectivity index is 1.65. The maximum absolute atomic E-state index is 11.4. The summed E-state index contributed by atoms with van der Waals surface area (Å²) in [4.78, 5) is 21.6. The molecule has 0 saturated heterocycles. The maximum atomic E-state index is 11.4. The van der Waals surface area contributed by atoms with E-state index in [1.807, 2.05) is 0 Å². The van der Waals surface area contributed by atoms with Crippen molar-refractivity contribution in [1.29, 1.82) is 0 Å². The van der Waals surface area contributed by atoms with Crippen LogP contribution >= 0.6 is 11.3 Å². The molecular weight excluding hydrogens is 280 g/mol. The van der Waals surface area contributed by atoms with E-state index in [9.17, 15) is 20.0 Å². The molecule has 2 aliphatic carbocycles. The number of carboxylic acid groups (broad SMARTS) is 1. The van der Waals surface area contributed by atoms with Crippen LogP contribution in [0.4, 0.5) is 5.00 Å². The van der Waals surface area contributed by atoms with Gasteiger partial charge in [-0.05, 0) is 36.7 Å². The van der Waals surface area contributed by atoms with E-state index in [1.165, 1.54) is 0 Å². The number of aliphatic carboxylic acids is 1. The zero-order valence-electron chi connectivity index (χ0n) is 10.8. The van der Waals surface area contributed by atoms with E-state index in [4.69, 9.17) is 0 Å². The molecule has 1 heterocycles. The van der Waals surface area contributed by atoms with Gasteiger partial charge in [-0.1, -0.05) is 11.3 Å². The van der Waals surface area contributed by atoms with Crippen LogP contribution in [0.5, 0.6) is 0 Å². The van der Waals surface area contributed by atoms with Gasteiger partial charge in [-0.15, -0.1) is 0 Å². The molecule has 108 valence electrons. The molecule has 2 saturated carbocycles. The van der Waals surface area contributed by atoms with Gasteiger partial charge in [0.2, 0.25) is 0 Å². The average Bonchev–Trinajstić information content (AvgIpc) is 3.10. The second-order valence-electron chi connectivity index (χ2n) is 5.65. The number of hydrogen-bond acceptors (Lipinski definition) is 5. The molecular formula is C13H16N2O4S. The molecule has 0 aromatic carbocycles. The Hall–Kier alpha value is -1.47. The average molecular weight is 296 g/mol. The van der Waals surface area contributed by atoms with Crippen molar-refractivity contribution in [2.75, 3.05) is 0 Å². The lowest BCUT2D eigenvalue weighted by atomic mass is 9.84. The highest BCUT2D eigenvalue weighted by Gasteiger charge is 2.50. The Labute approximate surface area is 120 Å². The number of carboxylic acids is 1. The summed E-state index contributed by atoms with van der Waals surface area (Å²) in [6.45, 7) is 0.502. The van der Waals surface area contributed by atoms with Crippen molar-refractivity contribution in [2.24, 2.45) is 17.8 Å². The van der Waals surface area contributed by atoms with Crippen LogP contribution < -0.4 is 5.32 Å². The topological polar surface area (TPSA) is 92.5 Å². The largest absolute Gasteiger partial charge is 0.481 e. The fraction of sp³-hybridized carbons (Fsp3) is 0.615. The van der Waals surface area contributed by atoms with Crippen molar-refractivity contribution in [1.82, 2.24) is 5.32 Å². The van der Waals surface area contributed by atoms with Crippen molar-refractivity contribution in [3.05, 3.63) is 27.1 Å². The van der Waals surface area contributed by atoms with E-state index in [0.717, 1.165) is 36.2 Å². The third-order valence-electron chi connectivity index (χ3n) is 4.56. The van der Waals surface area contributed by atoms with Crippen LogP contribution in [0.2, 0.25) is 0 Å². The van der Waals surface area contributed by atoms with Crippen molar-refractivity contribution in [3.63, 3.8) is 0 Å². The van der Waals surface area contributed by atoms with E-state index in [2.05, 4.69) is 5.32 Å². The SMILES string of the molecule is O=C(O)C1C2CCC(C2)C1NCc1csc([N+](=O)[O-])c1. The van der Waals surface area contributed by atoms with E-state index in [-0.39, 0.29) is 17.0 Å². The maximum Gasteiger partial charge on any atom is 0.324 e. The lowest BCUT2D eigenvalue weighted by molar-refractivity contribution is -0.380. The van der Waals surface area contributed by atoms with Crippen LogP contribution in [-0.4, -0.2) is 22.0 Å². The van der Waals surface area contributed by atoms with Gasteiger partial charge < -0.3 is 10.4 Å². The van der Waals surface area contributed by atoms with Gasteiger partial charge in [0.15, 0.2) is 0 Å². The molecule has 6 nitrogen and oxygen atoms in total. The summed E-state index contributed by atoms with van der Waals surface area (Å²) in [6, 6.07) is 1.56. The number of carbonyl (C=O) groups is 1. The number of nitro groups is 1. The molecule has 2 aliphatic rings. The molecule has 0 amide bonds. The van der Waals surface area contributed by atoms with Crippen molar-refractivity contribution in [2.45, 2.75) is 31.8 Å². The minimum absolute atomic E-state index is 0.00482. The predicted octanol–water partition coefficient (Wildman–Crippen LogP) is 2.25. The fourth-order valence-corrected chi connectivity index (χ4v) is 4.46. The van der Waals surface area contributed by atoms with E-state index >= 15 is 0 Å². The Morgan fingerprint density at radius 3 is 2.90 bits per heavy atom. The van der Waals surface area contributed by atoms with Gasteiger partial charge in [0.25, 0.3) is 0 Å². The monoisotopic (exact) mass is 296 g/mol. The Bertz CT molecular complexity index is 544. The first-order chi connectivity index (χ1) is 9.56. The smallest absolute Gasteiger partial charge is 0.324 e. The minimum Gasteiger partial charge on any atom is -0.481 e. The molecule has 2 fully saturated rings. The van der Waals surface area contributed by atoms with Crippen LogP contribution in [-0.2, 0) is 11.3 Å². The van der Waals surface area contributed by atoms with E-state index in [1.54, 1.807) is 11.4 Å². The molecule has 1 aromatic heterocycles. The van der Waals surface area contributed by atoms with Crippen LogP contribution in [0.15, 0.2) is 11.4 Å². The molecule has 4 atom stereocenters. The van der Waals surface area contributed by atoms with Crippen molar-refractivity contribution >= 4 is 22.3 Å². The molecule has 7 heteroatoms. The van der Waals surface area contributed by atoms with Crippen LogP contribution in [0.25, 0.3) is 0 Å². The van der Waals surface area contributed by atoms with E-state index < -0.39 is 10.9 Å². The second-order valence-corrected chi connectivity index (χ2v) is 6.54. The number of rotatable bonds is 5. The molecule has 2 N–H and O–H groups in total. The second kappa shape index (κ2) is 5.14. The molecule has 3 rings (SSSR count). The van der Waals surface area contributed by atoms with Gasteiger partial charge >= 0.3 is 11.0 Å². The Kier molecular flexibility index (Phi) is 3.47. The lowest BCUT2D eigenvalue weighted by Crippen LogP contribution is -2.43. The van der Waals surface area contributed by atoms with Crippen LogP contribution in [0, 0.1) is 27.9 Å². The van der Waals surface area contributed by atoms with Gasteiger partial charge in [-0.2, -0.15) is 0 Å². The third kappa shape index (κ3) is 2.31. The lowest BCUT2D eigenvalue weighted by Gasteiger charge is -2.28. The summed E-state index contributed by atoms with van der Waals surface area (Å²) in [7, 11) is 0. The fourth-order valence-electron chi connectivity index (χ4n) is 3.73. The number of nitrogens with zero attached hydrogens (tertiary/aromatic N) is 1. The summed E-state index contributed by atoms with van der Waals surface area (Å²) >= 11 is 1.11. The number of fused-ring (bicyclic) bond motifs is 2. The normalized spacial score (nSPS) is 31.6. The third-order valence-corrected chi connectivity index (χ3v) is 5.49. The summed E-state index contributed by atoms with van der Waals surface area (Å²) < 4.78 is 0. The first-order valence-electron chi connectivity index (χ1n) is 6.74. The van der Waals surface area contributed by atoms with Crippen LogP contribution in [0.1, 0.15) is 24.8 Å². The molecule has 1 aromatic rings. The number of thiophene rings is 1. The summed E-state index contributed by atoms with van der Waals surface area (Å²) in [5.74, 6) is -0.282. The first kappa shape index (κ1) is 13.5. The summed E-state index contributed by atoms with van der Waals surface area (Å²) in [5, 5.41) is 25.2.